The van der Waals surface area contributed by atoms with Crippen LogP contribution in [0.1, 0.15) is 63.1 Å². The number of hydrogen-bond acceptors (Lipinski definition) is 5. The first-order valence-electron chi connectivity index (χ1n) is 11.0. The van der Waals surface area contributed by atoms with Crippen molar-refractivity contribution in [3.63, 3.8) is 0 Å². The van der Waals surface area contributed by atoms with Gasteiger partial charge in [0, 0.05) is 11.4 Å². The quantitative estimate of drug-likeness (QED) is 0.596. The molecule has 1 N–H and O–H groups in total. The number of dihydropyridines is 1. The number of hydrogen-bond donors (Lipinski definition) is 1. The fraction of sp³-hybridized carbons (Fsp3) is 0.333. The van der Waals surface area contributed by atoms with E-state index in [-0.39, 0.29) is 13.2 Å². The number of allylic oxidation sites excluding steroid dienone is 2. The summed E-state index contributed by atoms with van der Waals surface area (Å²) in [4.78, 5) is 26.2. The largest absolute Gasteiger partial charge is 0.463 e. The molecule has 0 amide bonds. The maximum atomic E-state index is 13.3. The van der Waals surface area contributed by atoms with Crippen LogP contribution >= 0.6 is 0 Å². The van der Waals surface area contributed by atoms with Gasteiger partial charge in [-0.15, -0.1) is 0 Å². The summed E-state index contributed by atoms with van der Waals surface area (Å²) in [6.45, 7) is 10.1. The van der Waals surface area contributed by atoms with Gasteiger partial charge < -0.3 is 14.8 Å². The molecule has 168 valence electrons. The second kappa shape index (κ2) is 10.3. The smallest absolute Gasteiger partial charge is 0.337 e. The van der Waals surface area contributed by atoms with Gasteiger partial charge in [-0.3, -0.25) is 0 Å². The standard InChI is InChI=1S/C27H31NO4/c1-6-31-26(29)23-18(4)28-19(5)24(27(30)32-16-20-10-8-7-9-11-20)25(23)22-14-12-21(13-15-22)17(2)3/h7-15,17,25,28H,6,16H2,1-5H3/t25-/m0/s1. The van der Waals surface area contributed by atoms with E-state index < -0.39 is 17.9 Å². The molecule has 0 unspecified atom stereocenters. The highest BCUT2D eigenvalue weighted by molar-refractivity contribution is 5.99. The second-order valence-electron chi connectivity index (χ2n) is 8.24. The Morgan fingerprint density at radius 1 is 0.875 bits per heavy atom. The summed E-state index contributed by atoms with van der Waals surface area (Å²) in [5, 5.41) is 3.18. The van der Waals surface area contributed by atoms with Gasteiger partial charge in [0.1, 0.15) is 6.61 Å². The Morgan fingerprint density at radius 3 is 1.97 bits per heavy atom. The van der Waals surface area contributed by atoms with E-state index in [1.807, 2.05) is 68.4 Å². The Hall–Kier alpha value is -3.34. The monoisotopic (exact) mass is 433 g/mol. The van der Waals surface area contributed by atoms with Crippen LogP contribution in [-0.4, -0.2) is 18.5 Å². The summed E-state index contributed by atoms with van der Waals surface area (Å²) >= 11 is 0. The van der Waals surface area contributed by atoms with Crippen molar-refractivity contribution in [2.75, 3.05) is 6.61 Å². The lowest BCUT2D eigenvalue weighted by atomic mass is 9.80. The highest BCUT2D eigenvalue weighted by atomic mass is 16.5. The van der Waals surface area contributed by atoms with Gasteiger partial charge in [-0.25, -0.2) is 9.59 Å². The molecule has 32 heavy (non-hydrogen) atoms. The van der Waals surface area contributed by atoms with E-state index in [4.69, 9.17) is 9.47 Å². The number of esters is 2. The maximum Gasteiger partial charge on any atom is 0.337 e. The molecule has 0 bridgehead atoms. The SMILES string of the molecule is CCOC(=O)C1=C(C)NC(C)=C(C(=O)OCc2ccccc2)[C@H]1c1ccc(C(C)C)cc1. The maximum absolute atomic E-state index is 13.3. The predicted octanol–water partition coefficient (Wildman–Crippen LogP) is 5.35. The van der Waals surface area contributed by atoms with Gasteiger partial charge >= 0.3 is 11.9 Å². The van der Waals surface area contributed by atoms with Crippen LogP contribution in [0, 0.1) is 0 Å². The molecule has 0 saturated carbocycles. The van der Waals surface area contributed by atoms with Crippen LogP contribution in [0.25, 0.3) is 0 Å². The molecule has 0 aromatic heterocycles. The van der Waals surface area contributed by atoms with Crippen LogP contribution in [0.15, 0.2) is 77.1 Å². The molecule has 5 nitrogen and oxygen atoms in total. The molecule has 2 aromatic rings. The first-order chi connectivity index (χ1) is 15.3. The van der Waals surface area contributed by atoms with Crippen molar-refractivity contribution < 1.29 is 19.1 Å². The highest BCUT2D eigenvalue weighted by Crippen LogP contribution is 2.39. The van der Waals surface area contributed by atoms with E-state index in [9.17, 15) is 9.59 Å². The zero-order chi connectivity index (χ0) is 23.3. The minimum atomic E-state index is -0.570. The zero-order valence-electron chi connectivity index (χ0n) is 19.4. The number of benzene rings is 2. The molecule has 0 aliphatic carbocycles. The van der Waals surface area contributed by atoms with Crippen molar-refractivity contribution >= 4 is 11.9 Å². The van der Waals surface area contributed by atoms with E-state index >= 15 is 0 Å². The fourth-order valence-electron chi connectivity index (χ4n) is 3.95. The van der Waals surface area contributed by atoms with Crippen molar-refractivity contribution in [1.29, 1.82) is 0 Å². The van der Waals surface area contributed by atoms with Crippen LogP contribution in [0.3, 0.4) is 0 Å². The molecule has 0 fully saturated rings. The van der Waals surface area contributed by atoms with Crippen LogP contribution in [0.2, 0.25) is 0 Å². The number of nitrogens with one attached hydrogen (secondary N) is 1. The molecule has 0 spiro atoms. The van der Waals surface area contributed by atoms with Gasteiger partial charge in [0.05, 0.1) is 23.7 Å². The third-order valence-electron chi connectivity index (χ3n) is 5.62. The third kappa shape index (κ3) is 5.10. The summed E-state index contributed by atoms with van der Waals surface area (Å²) in [7, 11) is 0. The van der Waals surface area contributed by atoms with E-state index in [1.165, 1.54) is 5.56 Å². The number of carbonyl (C=O) groups is 2. The van der Waals surface area contributed by atoms with E-state index in [0.29, 0.717) is 28.5 Å². The normalized spacial score (nSPS) is 16.1. The van der Waals surface area contributed by atoms with Gasteiger partial charge in [-0.2, -0.15) is 0 Å². The van der Waals surface area contributed by atoms with Gasteiger partial charge in [0.2, 0.25) is 0 Å². The molecule has 1 aliphatic rings. The van der Waals surface area contributed by atoms with E-state index in [2.05, 4.69) is 19.2 Å². The van der Waals surface area contributed by atoms with E-state index in [1.54, 1.807) is 6.92 Å². The van der Waals surface area contributed by atoms with Gasteiger partial charge in [0.15, 0.2) is 0 Å². The summed E-state index contributed by atoms with van der Waals surface area (Å²) in [6.07, 6.45) is 0. The summed E-state index contributed by atoms with van der Waals surface area (Å²) in [6, 6.07) is 17.6. The van der Waals surface area contributed by atoms with Crippen molar-refractivity contribution in [2.24, 2.45) is 0 Å². The van der Waals surface area contributed by atoms with Crippen LogP contribution in [0.4, 0.5) is 0 Å². The van der Waals surface area contributed by atoms with Crippen molar-refractivity contribution in [3.05, 3.63) is 93.8 Å². The number of carbonyl (C=O) groups excluding carboxylic acids is 2. The fourth-order valence-corrected chi connectivity index (χ4v) is 3.95. The summed E-state index contributed by atoms with van der Waals surface area (Å²) in [5.41, 5.74) is 5.15. The predicted molar refractivity (Wildman–Crippen MR) is 125 cm³/mol. The van der Waals surface area contributed by atoms with Gasteiger partial charge in [0.25, 0.3) is 0 Å². The summed E-state index contributed by atoms with van der Waals surface area (Å²) in [5.74, 6) is -1.08. The minimum Gasteiger partial charge on any atom is -0.463 e. The third-order valence-corrected chi connectivity index (χ3v) is 5.62. The van der Waals surface area contributed by atoms with Crippen LogP contribution in [0.5, 0.6) is 0 Å². The molecule has 3 rings (SSSR count). The molecular weight excluding hydrogens is 402 g/mol. The molecule has 0 saturated heterocycles. The number of ether oxygens (including phenoxy) is 2. The lowest BCUT2D eigenvalue weighted by molar-refractivity contribution is -0.140. The molecule has 1 heterocycles. The van der Waals surface area contributed by atoms with Crippen LogP contribution in [-0.2, 0) is 25.7 Å². The topological polar surface area (TPSA) is 64.6 Å². The molecule has 5 heteroatoms. The first kappa shape index (κ1) is 23.3. The Balaban J connectivity index is 2.01. The van der Waals surface area contributed by atoms with Crippen LogP contribution < -0.4 is 5.32 Å². The molecule has 2 aromatic carbocycles. The lowest BCUT2D eigenvalue weighted by Crippen LogP contribution is -2.32. The zero-order valence-corrected chi connectivity index (χ0v) is 19.4. The first-order valence-corrected chi connectivity index (χ1v) is 11.0. The number of rotatable bonds is 7. The minimum absolute atomic E-state index is 0.160. The van der Waals surface area contributed by atoms with Gasteiger partial charge in [-0.05, 0) is 43.4 Å². The Morgan fingerprint density at radius 2 is 1.44 bits per heavy atom. The molecule has 1 aliphatic heterocycles. The summed E-state index contributed by atoms with van der Waals surface area (Å²) < 4.78 is 11.0. The molecular formula is C27H31NO4. The average molecular weight is 434 g/mol. The Bertz CT molecular complexity index is 1030. The highest BCUT2D eigenvalue weighted by Gasteiger charge is 2.38. The molecule has 0 radical (unpaired) electrons. The second-order valence-corrected chi connectivity index (χ2v) is 8.24. The Kier molecular flexibility index (Phi) is 7.52. The van der Waals surface area contributed by atoms with E-state index in [0.717, 1.165) is 11.1 Å². The van der Waals surface area contributed by atoms with Crippen molar-refractivity contribution in [3.8, 4) is 0 Å². The molecule has 1 atom stereocenters. The lowest BCUT2D eigenvalue weighted by Gasteiger charge is -2.30. The average Bonchev–Trinajstić information content (AvgIpc) is 2.77. The van der Waals surface area contributed by atoms with Gasteiger partial charge in [-0.1, -0.05) is 68.4 Å². The van der Waals surface area contributed by atoms with Crippen molar-refractivity contribution in [1.82, 2.24) is 5.32 Å². The van der Waals surface area contributed by atoms with Crippen molar-refractivity contribution in [2.45, 2.75) is 53.1 Å². The Labute approximate surface area is 190 Å².